The van der Waals surface area contributed by atoms with Gasteiger partial charge in [-0.1, -0.05) is 17.7 Å². The summed E-state index contributed by atoms with van der Waals surface area (Å²) < 4.78 is 5.08. The summed E-state index contributed by atoms with van der Waals surface area (Å²) in [6, 6.07) is 14.0. The fourth-order valence-corrected chi connectivity index (χ4v) is 3.82. The molecule has 12 heteroatoms. The smallest absolute Gasteiger partial charge is 0.355 e. The van der Waals surface area contributed by atoms with Crippen LogP contribution in [-0.4, -0.2) is 54.1 Å². The second kappa shape index (κ2) is 10.2. The van der Waals surface area contributed by atoms with E-state index in [0.29, 0.717) is 42.5 Å². The number of halogens is 1. The standard InChI is InChI=1S/C22H22ClN7O4/c1-34-18-7-5-15(6-8-18)22(31)27-26-20-19(30(32)33)21(25-14-24-20)29-11-9-28(10-12-29)17-4-2-3-16(23)13-17/h2-8,13-14H,9-12H2,1H3,(H,27,31)(H,24,25,26). The van der Waals surface area contributed by atoms with Crippen molar-refractivity contribution in [2.45, 2.75) is 0 Å². The number of benzene rings is 2. The fourth-order valence-electron chi connectivity index (χ4n) is 3.64. The summed E-state index contributed by atoms with van der Waals surface area (Å²) in [7, 11) is 1.53. The minimum Gasteiger partial charge on any atom is -0.497 e. The molecular weight excluding hydrogens is 462 g/mol. The minimum atomic E-state index is -0.555. The summed E-state index contributed by atoms with van der Waals surface area (Å²) in [5.41, 5.74) is 6.05. The molecule has 1 amide bonds. The molecule has 0 unspecified atom stereocenters. The number of aromatic nitrogens is 2. The summed E-state index contributed by atoms with van der Waals surface area (Å²) in [6.45, 7) is 2.31. The van der Waals surface area contributed by atoms with Gasteiger partial charge in [-0.3, -0.25) is 25.8 Å². The molecule has 3 aromatic rings. The quantitative estimate of drug-likeness (QED) is 0.385. The molecule has 1 fully saturated rings. The third kappa shape index (κ3) is 5.09. The van der Waals surface area contributed by atoms with E-state index in [-0.39, 0.29) is 17.3 Å². The van der Waals surface area contributed by atoms with Crippen molar-refractivity contribution in [3.05, 3.63) is 75.6 Å². The number of anilines is 3. The van der Waals surface area contributed by atoms with E-state index in [1.807, 2.05) is 29.2 Å². The van der Waals surface area contributed by atoms with Crippen molar-refractivity contribution in [3.63, 3.8) is 0 Å². The Bertz CT molecular complexity index is 1180. The first-order valence-electron chi connectivity index (χ1n) is 10.4. The van der Waals surface area contributed by atoms with Crippen molar-refractivity contribution < 1.29 is 14.5 Å². The first-order valence-corrected chi connectivity index (χ1v) is 10.8. The summed E-state index contributed by atoms with van der Waals surface area (Å²) in [6.07, 6.45) is 1.23. The lowest BCUT2D eigenvalue weighted by Gasteiger charge is -2.36. The number of hydrogen-bond acceptors (Lipinski definition) is 9. The Morgan fingerprint density at radius 1 is 1.09 bits per heavy atom. The van der Waals surface area contributed by atoms with Crippen molar-refractivity contribution in [1.82, 2.24) is 15.4 Å². The normalized spacial score (nSPS) is 13.4. The molecule has 1 aliphatic rings. The second-order valence-corrected chi connectivity index (χ2v) is 7.85. The summed E-state index contributed by atoms with van der Waals surface area (Å²) >= 11 is 6.09. The fraction of sp³-hybridized carbons (Fsp3) is 0.227. The van der Waals surface area contributed by atoms with Gasteiger partial charge in [0.2, 0.25) is 11.6 Å². The monoisotopic (exact) mass is 483 g/mol. The molecular formula is C22H22ClN7O4. The Hall–Kier alpha value is -4.12. The van der Waals surface area contributed by atoms with Crippen LogP contribution in [0, 0.1) is 10.1 Å². The highest BCUT2D eigenvalue weighted by molar-refractivity contribution is 6.30. The molecule has 0 aliphatic carbocycles. The van der Waals surface area contributed by atoms with Crippen LogP contribution in [0.1, 0.15) is 10.4 Å². The molecule has 2 aromatic carbocycles. The number of nitro groups is 1. The number of piperazine rings is 1. The second-order valence-electron chi connectivity index (χ2n) is 7.41. The molecule has 2 N–H and O–H groups in total. The number of carbonyl (C=O) groups excluding carboxylic acids is 1. The van der Waals surface area contributed by atoms with E-state index in [9.17, 15) is 14.9 Å². The van der Waals surface area contributed by atoms with Crippen LogP contribution in [0.2, 0.25) is 5.02 Å². The molecule has 4 rings (SSSR count). The first kappa shape index (κ1) is 23.1. The molecule has 0 atom stereocenters. The Balaban J connectivity index is 1.47. The molecule has 1 aromatic heterocycles. The van der Waals surface area contributed by atoms with Gasteiger partial charge < -0.3 is 14.5 Å². The van der Waals surface area contributed by atoms with Crippen LogP contribution in [-0.2, 0) is 0 Å². The van der Waals surface area contributed by atoms with Gasteiger partial charge in [-0.15, -0.1) is 0 Å². The SMILES string of the molecule is COc1ccc(C(=O)NNc2ncnc(N3CCN(c4cccc(Cl)c4)CC3)c2[N+](=O)[O-])cc1. The topological polar surface area (TPSA) is 126 Å². The molecule has 1 saturated heterocycles. The van der Waals surface area contributed by atoms with E-state index in [4.69, 9.17) is 16.3 Å². The number of carbonyl (C=O) groups is 1. The maximum atomic E-state index is 12.4. The van der Waals surface area contributed by atoms with Gasteiger partial charge >= 0.3 is 5.69 Å². The van der Waals surface area contributed by atoms with Gasteiger partial charge in [0.25, 0.3) is 5.91 Å². The van der Waals surface area contributed by atoms with Gasteiger partial charge in [0.05, 0.1) is 12.0 Å². The van der Waals surface area contributed by atoms with Crippen molar-refractivity contribution in [2.75, 3.05) is 48.5 Å². The van der Waals surface area contributed by atoms with E-state index in [2.05, 4.69) is 25.7 Å². The van der Waals surface area contributed by atoms with Crippen LogP contribution >= 0.6 is 11.6 Å². The molecule has 2 heterocycles. The van der Waals surface area contributed by atoms with E-state index in [0.717, 1.165) is 5.69 Å². The lowest BCUT2D eigenvalue weighted by Crippen LogP contribution is -2.47. The Morgan fingerprint density at radius 3 is 2.44 bits per heavy atom. The number of methoxy groups -OCH3 is 1. The maximum absolute atomic E-state index is 12.4. The molecule has 1 aliphatic heterocycles. The zero-order valence-electron chi connectivity index (χ0n) is 18.3. The van der Waals surface area contributed by atoms with Crippen LogP contribution in [0.5, 0.6) is 5.75 Å². The van der Waals surface area contributed by atoms with Gasteiger partial charge in [0.15, 0.2) is 0 Å². The van der Waals surface area contributed by atoms with Crippen LogP contribution in [0.4, 0.5) is 23.0 Å². The van der Waals surface area contributed by atoms with Crippen molar-refractivity contribution in [2.24, 2.45) is 0 Å². The summed E-state index contributed by atoms with van der Waals surface area (Å²) in [5.74, 6) is 0.212. The van der Waals surface area contributed by atoms with Gasteiger partial charge in [-0.05, 0) is 42.5 Å². The highest BCUT2D eigenvalue weighted by Gasteiger charge is 2.29. The lowest BCUT2D eigenvalue weighted by atomic mass is 10.2. The van der Waals surface area contributed by atoms with Crippen molar-refractivity contribution >= 4 is 40.5 Å². The molecule has 11 nitrogen and oxygen atoms in total. The Morgan fingerprint density at radius 2 is 1.79 bits per heavy atom. The molecule has 0 bridgehead atoms. The minimum absolute atomic E-state index is 0.103. The lowest BCUT2D eigenvalue weighted by molar-refractivity contribution is -0.383. The van der Waals surface area contributed by atoms with Gasteiger partial charge in [-0.25, -0.2) is 9.97 Å². The van der Waals surface area contributed by atoms with Crippen LogP contribution < -0.4 is 25.4 Å². The number of ether oxygens (including phenoxy) is 1. The number of hydrogen-bond donors (Lipinski definition) is 2. The van der Waals surface area contributed by atoms with Crippen LogP contribution in [0.3, 0.4) is 0 Å². The van der Waals surface area contributed by atoms with Crippen molar-refractivity contribution in [1.29, 1.82) is 0 Å². The number of nitrogens with zero attached hydrogens (tertiary/aromatic N) is 5. The van der Waals surface area contributed by atoms with Crippen LogP contribution in [0.25, 0.3) is 0 Å². The average molecular weight is 484 g/mol. The van der Waals surface area contributed by atoms with E-state index < -0.39 is 10.8 Å². The predicted octanol–water partition coefficient (Wildman–Crippen LogP) is 3.13. The average Bonchev–Trinajstić information content (AvgIpc) is 2.87. The van der Waals surface area contributed by atoms with Gasteiger partial charge in [0.1, 0.15) is 12.1 Å². The zero-order valence-corrected chi connectivity index (χ0v) is 19.0. The number of amides is 1. The van der Waals surface area contributed by atoms with Crippen LogP contribution in [0.15, 0.2) is 54.9 Å². The molecule has 0 radical (unpaired) electrons. The molecule has 0 saturated carbocycles. The van der Waals surface area contributed by atoms with Crippen molar-refractivity contribution in [3.8, 4) is 5.75 Å². The highest BCUT2D eigenvalue weighted by Crippen LogP contribution is 2.32. The third-order valence-corrected chi connectivity index (χ3v) is 5.62. The van der Waals surface area contributed by atoms with E-state index in [1.54, 1.807) is 24.3 Å². The Kier molecular flexibility index (Phi) is 6.93. The largest absolute Gasteiger partial charge is 0.497 e. The predicted molar refractivity (Wildman–Crippen MR) is 129 cm³/mol. The molecule has 176 valence electrons. The molecule has 0 spiro atoms. The number of rotatable bonds is 7. The van der Waals surface area contributed by atoms with Gasteiger partial charge in [0, 0.05) is 42.5 Å². The number of nitrogens with one attached hydrogen (secondary N) is 2. The Labute approximate surface area is 200 Å². The summed E-state index contributed by atoms with van der Waals surface area (Å²) in [4.78, 5) is 35.9. The zero-order chi connectivity index (χ0) is 24.1. The highest BCUT2D eigenvalue weighted by atomic mass is 35.5. The summed E-state index contributed by atoms with van der Waals surface area (Å²) in [5, 5.41) is 12.6. The third-order valence-electron chi connectivity index (χ3n) is 5.38. The van der Waals surface area contributed by atoms with E-state index in [1.165, 1.54) is 13.4 Å². The molecule has 34 heavy (non-hydrogen) atoms. The first-order chi connectivity index (χ1) is 16.5. The van der Waals surface area contributed by atoms with E-state index >= 15 is 0 Å². The number of hydrazine groups is 1. The van der Waals surface area contributed by atoms with Gasteiger partial charge in [-0.2, -0.15) is 0 Å². The maximum Gasteiger partial charge on any atom is 0.355 e.